The van der Waals surface area contributed by atoms with Crippen LogP contribution in [-0.2, 0) is 16.6 Å². The first-order valence-corrected chi connectivity index (χ1v) is 8.59. The number of aryl methyl sites for hydroxylation is 1. The molecular weight excluding hydrogens is 318 g/mol. The summed E-state index contributed by atoms with van der Waals surface area (Å²) in [5, 5.41) is 0.679. The van der Waals surface area contributed by atoms with Crippen molar-refractivity contribution in [2.24, 2.45) is 5.92 Å². The molecule has 5 nitrogen and oxygen atoms in total. The van der Waals surface area contributed by atoms with Crippen molar-refractivity contribution in [2.45, 2.75) is 44.8 Å². The van der Waals surface area contributed by atoms with Gasteiger partial charge in [-0.2, -0.15) is 0 Å². The van der Waals surface area contributed by atoms with Crippen molar-refractivity contribution in [2.75, 3.05) is 5.33 Å². The van der Waals surface area contributed by atoms with E-state index in [-0.39, 0.29) is 11.1 Å². The van der Waals surface area contributed by atoms with Crippen LogP contribution in [0.2, 0.25) is 0 Å². The topological polar surface area (TPSA) is 64.0 Å². The molecule has 1 atom stereocenters. The molecular formula is C11H20BrN3O2S. The van der Waals surface area contributed by atoms with Gasteiger partial charge < -0.3 is 4.57 Å². The lowest BCUT2D eigenvalue weighted by Gasteiger charge is -2.17. The van der Waals surface area contributed by atoms with Crippen LogP contribution in [0.4, 0.5) is 0 Å². The van der Waals surface area contributed by atoms with Gasteiger partial charge >= 0.3 is 0 Å². The van der Waals surface area contributed by atoms with E-state index in [1.165, 1.54) is 6.33 Å². The van der Waals surface area contributed by atoms with Crippen LogP contribution in [0.15, 0.2) is 17.6 Å². The molecule has 0 saturated heterocycles. The maximum Gasteiger partial charge on any atom is 0.259 e. The summed E-state index contributed by atoms with van der Waals surface area (Å²) in [4.78, 5) is 3.92. The lowest BCUT2D eigenvalue weighted by molar-refractivity contribution is 0.487. The summed E-state index contributed by atoms with van der Waals surface area (Å²) >= 11 is 3.34. The number of nitrogens with zero attached hydrogens (tertiary/aromatic N) is 2. The van der Waals surface area contributed by atoms with Crippen molar-refractivity contribution in [3.05, 3.63) is 12.5 Å². The quantitative estimate of drug-likeness (QED) is 0.774. The number of imidazole rings is 1. The van der Waals surface area contributed by atoms with Crippen LogP contribution in [0.25, 0.3) is 0 Å². The molecule has 0 aliphatic carbocycles. The average Bonchev–Trinajstić information content (AvgIpc) is 2.76. The second-order valence-corrected chi connectivity index (χ2v) is 6.95. The van der Waals surface area contributed by atoms with Crippen LogP contribution < -0.4 is 4.72 Å². The number of hydrogen-bond donors (Lipinski definition) is 1. The summed E-state index contributed by atoms with van der Waals surface area (Å²) in [7, 11) is -3.52. The van der Waals surface area contributed by atoms with Crippen molar-refractivity contribution in [3.63, 3.8) is 0 Å². The van der Waals surface area contributed by atoms with Gasteiger partial charge in [0.2, 0.25) is 0 Å². The van der Waals surface area contributed by atoms with Crippen LogP contribution in [0.3, 0.4) is 0 Å². The fraction of sp³-hybridized carbons (Fsp3) is 0.727. The molecule has 0 amide bonds. The number of rotatable bonds is 7. The van der Waals surface area contributed by atoms with Crippen LogP contribution in [0.1, 0.15) is 27.2 Å². The lowest BCUT2D eigenvalue weighted by Crippen LogP contribution is -2.37. The molecule has 0 fully saturated rings. The van der Waals surface area contributed by atoms with Gasteiger partial charge in [-0.25, -0.2) is 18.1 Å². The van der Waals surface area contributed by atoms with E-state index >= 15 is 0 Å². The van der Waals surface area contributed by atoms with Gasteiger partial charge in [-0.1, -0.05) is 29.8 Å². The molecule has 1 rings (SSSR count). The molecule has 1 heterocycles. The Balaban J connectivity index is 2.80. The zero-order chi connectivity index (χ0) is 13.8. The monoisotopic (exact) mass is 337 g/mol. The predicted octanol–water partition coefficient (Wildman–Crippen LogP) is 1.99. The van der Waals surface area contributed by atoms with Gasteiger partial charge in [0.25, 0.3) is 10.0 Å². The van der Waals surface area contributed by atoms with Gasteiger partial charge in [0, 0.05) is 24.1 Å². The zero-order valence-electron chi connectivity index (χ0n) is 10.9. The SMILES string of the molecule is CCn1cnc(S(=O)(=O)NC(CBr)CC(C)C)c1. The molecule has 0 radical (unpaired) electrons. The fourth-order valence-corrected chi connectivity index (χ4v) is 3.48. The van der Waals surface area contributed by atoms with Gasteiger partial charge in [-0.3, -0.25) is 0 Å². The van der Waals surface area contributed by atoms with Crippen molar-refractivity contribution in [1.82, 2.24) is 14.3 Å². The van der Waals surface area contributed by atoms with Gasteiger partial charge in [0.1, 0.15) is 0 Å². The summed E-state index contributed by atoms with van der Waals surface area (Å²) in [6, 6.07) is -0.109. The van der Waals surface area contributed by atoms with Gasteiger partial charge in [0.15, 0.2) is 5.03 Å². The second-order valence-electron chi connectivity index (χ2n) is 4.64. The van der Waals surface area contributed by atoms with Crippen molar-refractivity contribution >= 4 is 26.0 Å². The van der Waals surface area contributed by atoms with Crippen molar-refractivity contribution < 1.29 is 8.42 Å². The highest BCUT2D eigenvalue weighted by atomic mass is 79.9. The molecule has 1 N–H and O–H groups in total. The van der Waals surface area contributed by atoms with E-state index in [1.807, 2.05) is 6.92 Å². The first-order chi connectivity index (χ1) is 8.39. The Morgan fingerprint density at radius 3 is 2.61 bits per heavy atom. The zero-order valence-corrected chi connectivity index (χ0v) is 13.3. The average molecular weight is 338 g/mol. The highest BCUT2D eigenvalue weighted by Crippen LogP contribution is 2.12. The van der Waals surface area contributed by atoms with Gasteiger partial charge in [0.05, 0.1) is 6.33 Å². The Labute approximate surface area is 117 Å². The molecule has 0 spiro atoms. The third kappa shape index (κ3) is 4.37. The molecule has 0 aliphatic rings. The first kappa shape index (κ1) is 15.7. The summed E-state index contributed by atoms with van der Waals surface area (Å²) in [5.74, 6) is 0.434. The minimum absolute atomic E-state index is 0.0825. The lowest BCUT2D eigenvalue weighted by atomic mass is 10.1. The molecule has 0 aliphatic heterocycles. The van der Waals surface area contributed by atoms with E-state index in [0.717, 1.165) is 6.42 Å². The summed E-state index contributed by atoms with van der Waals surface area (Å²) in [6.07, 6.45) is 3.86. The molecule has 0 saturated carbocycles. The Morgan fingerprint density at radius 1 is 1.50 bits per heavy atom. The van der Waals surface area contributed by atoms with E-state index in [9.17, 15) is 8.42 Å². The number of nitrogens with one attached hydrogen (secondary N) is 1. The maximum absolute atomic E-state index is 12.1. The smallest absolute Gasteiger partial charge is 0.259 e. The Morgan fingerprint density at radius 2 is 2.17 bits per heavy atom. The largest absolute Gasteiger partial charge is 0.336 e. The Bertz CT molecular complexity index is 470. The van der Waals surface area contributed by atoms with Gasteiger partial charge in [-0.15, -0.1) is 0 Å². The summed E-state index contributed by atoms with van der Waals surface area (Å²) < 4.78 is 28.6. The number of sulfonamides is 1. The summed E-state index contributed by atoms with van der Waals surface area (Å²) in [6.45, 7) is 6.77. The van der Waals surface area contributed by atoms with E-state index in [1.54, 1.807) is 10.8 Å². The molecule has 1 aromatic heterocycles. The first-order valence-electron chi connectivity index (χ1n) is 5.99. The molecule has 1 aromatic rings. The van der Waals surface area contributed by atoms with Crippen LogP contribution in [0.5, 0.6) is 0 Å². The van der Waals surface area contributed by atoms with Crippen LogP contribution in [0, 0.1) is 5.92 Å². The van der Waals surface area contributed by atoms with Crippen molar-refractivity contribution in [3.8, 4) is 0 Å². The van der Waals surface area contributed by atoms with Crippen LogP contribution in [-0.4, -0.2) is 29.3 Å². The minimum atomic E-state index is -3.52. The third-order valence-electron chi connectivity index (χ3n) is 2.51. The number of hydrogen-bond acceptors (Lipinski definition) is 3. The normalized spacial score (nSPS) is 14.1. The van der Waals surface area contributed by atoms with E-state index in [2.05, 4.69) is 39.5 Å². The minimum Gasteiger partial charge on any atom is -0.336 e. The predicted molar refractivity (Wildman–Crippen MR) is 75.3 cm³/mol. The van der Waals surface area contributed by atoms with E-state index < -0.39 is 10.0 Å². The standard InChI is InChI=1S/C11H20BrN3O2S/c1-4-15-7-11(13-8-15)18(16,17)14-10(6-12)5-9(2)3/h7-10,14H,4-6H2,1-3H3. The number of alkyl halides is 1. The maximum atomic E-state index is 12.1. The molecule has 104 valence electrons. The molecule has 7 heteroatoms. The molecule has 0 bridgehead atoms. The Hall–Kier alpha value is -0.400. The second kappa shape index (κ2) is 6.68. The molecule has 1 unspecified atom stereocenters. The third-order valence-corrected chi connectivity index (χ3v) is 4.70. The van der Waals surface area contributed by atoms with E-state index in [4.69, 9.17) is 0 Å². The van der Waals surface area contributed by atoms with Gasteiger partial charge in [-0.05, 0) is 19.3 Å². The van der Waals surface area contributed by atoms with Crippen molar-refractivity contribution in [1.29, 1.82) is 0 Å². The highest BCUT2D eigenvalue weighted by molar-refractivity contribution is 9.09. The Kier molecular flexibility index (Phi) is 5.81. The molecule has 18 heavy (non-hydrogen) atoms. The summed E-state index contributed by atoms with van der Waals surface area (Å²) in [5.41, 5.74) is 0. The number of halogens is 1. The number of aromatic nitrogens is 2. The van der Waals surface area contributed by atoms with E-state index in [0.29, 0.717) is 17.8 Å². The van der Waals surface area contributed by atoms with Crippen LogP contribution >= 0.6 is 15.9 Å². The fourth-order valence-electron chi connectivity index (χ4n) is 1.64. The highest BCUT2D eigenvalue weighted by Gasteiger charge is 2.22. The molecule has 0 aromatic carbocycles.